The van der Waals surface area contributed by atoms with Crippen LogP contribution in [0.1, 0.15) is 22.5 Å². The van der Waals surface area contributed by atoms with E-state index >= 15 is 0 Å². The summed E-state index contributed by atoms with van der Waals surface area (Å²) in [5.41, 5.74) is 5.96. The summed E-state index contributed by atoms with van der Waals surface area (Å²) in [7, 11) is 0. The van der Waals surface area contributed by atoms with Gasteiger partial charge in [0.15, 0.2) is 0 Å². The Hall–Kier alpha value is -2.69. The van der Waals surface area contributed by atoms with Crippen LogP contribution >= 0.6 is 0 Å². The van der Waals surface area contributed by atoms with Crippen molar-refractivity contribution in [2.24, 2.45) is 5.10 Å². The van der Waals surface area contributed by atoms with E-state index in [1.54, 1.807) is 18.4 Å². The summed E-state index contributed by atoms with van der Waals surface area (Å²) in [6.45, 7) is 7.47. The second-order valence-corrected chi connectivity index (χ2v) is 4.69. The van der Waals surface area contributed by atoms with Crippen LogP contribution in [-0.2, 0) is 6.42 Å². The van der Waals surface area contributed by atoms with Crippen molar-refractivity contribution < 1.29 is 5.11 Å². The molecule has 0 aliphatic carbocycles. The van der Waals surface area contributed by atoms with Crippen molar-refractivity contribution in [1.29, 1.82) is 0 Å². The molecule has 0 aliphatic rings. The first-order valence-electron chi connectivity index (χ1n) is 6.63. The minimum absolute atomic E-state index is 0.212. The molecule has 5 nitrogen and oxygen atoms in total. The number of hydrazone groups is 1. The van der Waals surface area contributed by atoms with Gasteiger partial charge in [0, 0.05) is 17.0 Å². The number of para-hydroxylation sites is 1. The molecule has 0 aliphatic heterocycles. The Bertz CT molecular complexity index is 660. The lowest BCUT2D eigenvalue weighted by Crippen LogP contribution is -2.00. The van der Waals surface area contributed by atoms with Gasteiger partial charge in [-0.2, -0.15) is 5.10 Å². The molecule has 0 unspecified atom stereocenters. The van der Waals surface area contributed by atoms with E-state index in [1.165, 1.54) is 0 Å². The zero-order chi connectivity index (χ0) is 15.2. The van der Waals surface area contributed by atoms with E-state index in [4.69, 9.17) is 0 Å². The fourth-order valence-corrected chi connectivity index (χ4v) is 1.97. The molecule has 1 aromatic heterocycles. The molecule has 0 atom stereocenters. The smallest absolute Gasteiger partial charge is 0.243 e. The highest BCUT2D eigenvalue weighted by Gasteiger charge is 2.03. The van der Waals surface area contributed by atoms with Crippen LogP contribution in [0.15, 0.2) is 42.0 Å². The topological polar surface area (TPSA) is 70.4 Å². The van der Waals surface area contributed by atoms with Crippen LogP contribution in [0.3, 0.4) is 0 Å². The normalized spacial score (nSPS) is 10.8. The zero-order valence-electron chi connectivity index (χ0n) is 12.2. The molecule has 0 spiro atoms. The van der Waals surface area contributed by atoms with E-state index in [2.05, 4.69) is 27.1 Å². The highest BCUT2D eigenvalue weighted by molar-refractivity contribution is 5.84. The molecule has 0 saturated heterocycles. The largest absolute Gasteiger partial charge is 0.507 e. The monoisotopic (exact) mass is 282 g/mol. The maximum absolute atomic E-state index is 10.1. The summed E-state index contributed by atoms with van der Waals surface area (Å²) in [6, 6.07) is 7.40. The van der Waals surface area contributed by atoms with E-state index in [-0.39, 0.29) is 5.75 Å². The standard InChI is InChI=1S/C16H18N4O/c1-4-6-13-7-5-8-14(15(13)21)10-17-20-16-18-11(2)9-12(3)19-16/h4-5,7-10,21H,1,6H2,2-3H3,(H,18,19,20)/b17-10+. The number of phenols is 1. The fraction of sp³-hybridized carbons (Fsp3) is 0.188. The molecule has 2 N–H and O–H groups in total. The number of aromatic hydroxyl groups is 1. The van der Waals surface area contributed by atoms with Crippen LogP contribution in [0, 0.1) is 13.8 Å². The maximum atomic E-state index is 10.1. The van der Waals surface area contributed by atoms with E-state index in [0.29, 0.717) is 17.9 Å². The van der Waals surface area contributed by atoms with E-state index in [1.807, 2.05) is 32.0 Å². The van der Waals surface area contributed by atoms with Crippen molar-refractivity contribution >= 4 is 12.2 Å². The van der Waals surface area contributed by atoms with Crippen LogP contribution in [0.5, 0.6) is 5.75 Å². The van der Waals surface area contributed by atoms with Gasteiger partial charge >= 0.3 is 0 Å². The lowest BCUT2D eigenvalue weighted by atomic mass is 10.1. The van der Waals surface area contributed by atoms with Gasteiger partial charge in [-0.1, -0.05) is 18.2 Å². The van der Waals surface area contributed by atoms with Gasteiger partial charge in [0.2, 0.25) is 5.95 Å². The van der Waals surface area contributed by atoms with Gasteiger partial charge in [0.25, 0.3) is 0 Å². The van der Waals surface area contributed by atoms with Crippen LogP contribution in [-0.4, -0.2) is 21.3 Å². The first-order chi connectivity index (χ1) is 10.1. The van der Waals surface area contributed by atoms with Crippen LogP contribution in [0.2, 0.25) is 0 Å². The molecule has 2 aromatic rings. The second kappa shape index (κ2) is 6.65. The summed E-state index contributed by atoms with van der Waals surface area (Å²) < 4.78 is 0. The van der Waals surface area contributed by atoms with Crippen molar-refractivity contribution in [2.75, 3.05) is 5.43 Å². The number of aromatic nitrogens is 2. The van der Waals surface area contributed by atoms with Crippen molar-refractivity contribution in [3.8, 4) is 5.75 Å². The Morgan fingerprint density at radius 1 is 1.29 bits per heavy atom. The van der Waals surface area contributed by atoms with Crippen molar-refractivity contribution in [1.82, 2.24) is 9.97 Å². The summed E-state index contributed by atoms with van der Waals surface area (Å²) in [6.07, 6.45) is 3.90. The van der Waals surface area contributed by atoms with Gasteiger partial charge in [-0.15, -0.1) is 6.58 Å². The van der Waals surface area contributed by atoms with Gasteiger partial charge < -0.3 is 5.11 Å². The molecule has 21 heavy (non-hydrogen) atoms. The number of hydrogen-bond acceptors (Lipinski definition) is 5. The fourth-order valence-electron chi connectivity index (χ4n) is 1.97. The molecular formula is C16H18N4O. The number of phenolic OH excluding ortho intramolecular Hbond substituents is 1. The highest BCUT2D eigenvalue weighted by Crippen LogP contribution is 2.21. The van der Waals surface area contributed by atoms with E-state index in [9.17, 15) is 5.11 Å². The predicted octanol–water partition coefficient (Wildman–Crippen LogP) is 2.97. The minimum Gasteiger partial charge on any atom is -0.507 e. The number of rotatable bonds is 5. The first kappa shape index (κ1) is 14.7. The SMILES string of the molecule is C=CCc1cccc(/C=N/Nc2nc(C)cc(C)n2)c1O. The van der Waals surface area contributed by atoms with Gasteiger partial charge in [-0.25, -0.2) is 15.4 Å². The number of aryl methyl sites for hydroxylation is 2. The Labute approximate surface area is 124 Å². The quantitative estimate of drug-likeness (QED) is 0.502. The van der Waals surface area contributed by atoms with Gasteiger partial charge in [0.1, 0.15) is 5.75 Å². The number of allylic oxidation sites excluding steroid dienone is 1. The van der Waals surface area contributed by atoms with E-state index < -0.39 is 0 Å². The molecule has 1 aromatic carbocycles. The molecule has 0 amide bonds. The van der Waals surface area contributed by atoms with Crippen molar-refractivity contribution in [2.45, 2.75) is 20.3 Å². The Balaban J connectivity index is 2.14. The highest BCUT2D eigenvalue weighted by atomic mass is 16.3. The van der Waals surface area contributed by atoms with Crippen LogP contribution < -0.4 is 5.43 Å². The van der Waals surface area contributed by atoms with Gasteiger partial charge in [-0.3, -0.25) is 0 Å². The Kier molecular flexibility index (Phi) is 4.66. The number of nitrogens with zero attached hydrogens (tertiary/aromatic N) is 3. The van der Waals surface area contributed by atoms with Crippen LogP contribution in [0.25, 0.3) is 0 Å². The summed E-state index contributed by atoms with van der Waals surface area (Å²) >= 11 is 0. The summed E-state index contributed by atoms with van der Waals surface area (Å²) in [4.78, 5) is 8.45. The molecule has 1 heterocycles. The maximum Gasteiger partial charge on any atom is 0.243 e. The molecule has 5 heteroatoms. The molecule has 0 bridgehead atoms. The average Bonchev–Trinajstić information content (AvgIpc) is 2.42. The van der Waals surface area contributed by atoms with E-state index in [0.717, 1.165) is 17.0 Å². The molecule has 2 rings (SSSR count). The average molecular weight is 282 g/mol. The number of hydrogen-bond donors (Lipinski definition) is 2. The van der Waals surface area contributed by atoms with Crippen molar-refractivity contribution in [3.05, 3.63) is 59.4 Å². The molecule has 108 valence electrons. The first-order valence-corrected chi connectivity index (χ1v) is 6.63. The third-order valence-corrected chi connectivity index (χ3v) is 2.87. The van der Waals surface area contributed by atoms with Crippen LogP contribution in [0.4, 0.5) is 5.95 Å². The Morgan fingerprint density at radius 3 is 2.67 bits per heavy atom. The molecule has 0 radical (unpaired) electrons. The number of benzene rings is 1. The summed E-state index contributed by atoms with van der Waals surface area (Å²) in [5, 5.41) is 14.2. The number of nitrogens with one attached hydrogen (secondary N) is 1. The van der Waals surface area contributed by atoms with Crippen molar-refractivity contribution in [3.63, 3.8) is 0 Å². The molecule has 0 saturated carbocycles. The van der Waals surface area contributed by atoms with Gasteiger partial charge in [-0.05, 0) is 38.0 Å². The number of anilines is 1. The minimum atomic E-state index is 0.212. The molecule has 0 fully saturated rings. The van der Waals surface area contributed by atoms with Gasteiger partial charge in [0.05, 0.1) is 6.21 Å². The second-order valence-electron chi connectivity index (χ2n) is 4.69. The third kappa shape index (κ3) is 3.89. The zero-order valence-corrected chi connectivity index (χ0v) is 12.2. The summed E-state index contributed by atoms with van der Waals surface area (Å²) in [5.74, 6) is 0.648. The lowest BCUT2D eigenvalue weighted by molar-refractivity contribution is 0.469. The predicted molar refractivity (Wildman–Crippen MR) is 84.7 cm³/mol. The Morgan fingerprint density at radius 2 is 2.00 bits per heavy atom. The lowest BCUT2D eigenvalue weighted by Gasteiger charge is -2.05. The molecular weight excluding hydrogens is 264 g/mol. The third-order valence-electron chi connectivity index (χ3n) is 2.87.